The van der Waals surface area contributed by atoms with Gasteiger partial charge in [-0.2, -0.15) is 10.2 Å². The predicted molar refractivity (Wildman–Crippen MR) is 197 cm³/mol. The molecule has 2 heterocycles. The molecule has 0 unspecified atom stereocenters. The highest BCUT2D eigenvalue weighted by atomic mass is 35.5. The Bertz CT molecular complexity index is 2000. The molecule has 0 fully saturated rings. The van der Waals surface area contributed by atoms with E-state index in [0.29, 0.717) is 51.3 Å². The van der Waals surface area contributed by atoms with Gasteiger partial charge in [-0.15, -0.1) is 5.10 Å². The molecule has 51 heavy (non-hydrogen) atoms. The SMILES string of the molecule is C=N/N=C\N(N)c1ccc(Cl)cc1CNC(=O)N[C@@H](Cc1ccn(Cc2ccc(OC)cc2)n1)c1nc(-c2ccc(NC(=O)OC)cc2)c(Cl)[nH]1. The molecule has 0 aliphatic heterocycles. The van der Waals surface area contributed by atoms with E-state index >= 15 is 0 Å². The topological polar surface area (TPSA) is 189 Å². The van der Waals surface area contributed by atoms with Crippen LogP contribution < -0.4 is 31.5 Å². The van der Waals surface area contributed by atoms with E-state index in [1.165, 1.54) is 18.5 Å². The van der Waals surface area contributed by atoms with Crippen LogP contribution in [0.2, 0.25) is 10.2 Å². The number of imidazole rings is 1. The summed E-state index contributed by atoms with van der Waals surface area (Å²) in [5.41, 5.74) is 4.57. The van der Waals surface area contributed by atoms with Crippen LogP contribution in [0.1, 0.15) is 28.7 Å². The van der Waals surface area contributed by atoms with E-state index in [1.54, 1.807) is 49.6 Å². The van der Waals surface area contributed by atoms with Crippen LogP contribution in [0.15, 0.2) is 89.2 Å². The van der Waals surface area contributed by atoms with E-state index in [-0.39, 0.29) is 18.1 Å². The highest BCUT2D eigenvalue weighted by molar-refractivity contribution is 6.32. The monoisotopic (exact) mass is 731 g/mol. The Morgan fingerprint density at radius 1 is 1.10 bits per heavy atom. The van der Waals surface area contributed by atoms with Crippen LogP contribution in [0, 0.1) is 0 Å². The molecule has 0 saturated carbocycles. The van der Waals surface area contributed by atoms with Gasteiger partial charge in [0.25, 0.3) is 0 Å². The number of rotatable bonds is 14. The second kappa shape index (κ2) is 17.2. The molecule has 5 rings (SSSR count). The van der Waals surface area contributed by atoms with Gasteiger partial charge in [-0.3, -0.25) is 15.0 Å². The summed E-state index contributed by atoms with van der Waals surface area (Å²) in [6.45, 7) is 3.92. The van der Waals surface area contributed by atoms with Gasteiger partial charge in [0.1, 0.15) is 28.8 Å². The molecule has 1 atom stereocenters. The zero-order valence-corrected chi connectivity index (χ0v) is 29.2. The fourth-order valence-electron chi connectivity index (χ4n) is 5.04. The Kier molecular flexibility index (Phi) is 12.2. The minimum atomic E-state index is -0.684. The maximum Gasteiger partial charge on any atom is 0.411 e. The number of aromatic amines is 1. The maximum absolute atomic E-state index is 13.4. The van der Waals surface area contributed by atoms with Crippen molar-refractivity contribution in [3.05, 3.63) is 112 Å². The fourth-order valence-corrected chi connectivity index (χ4v) is 5.48. The molecule has 0 aliphatic carbocycles. The van der Waals surface area contributed by atoms with Crippen molar-refractivity contribution in [1.29, 1.82) is 0 Å². The summed E-state index contributed by atoms with van der Waals surface area (Å²) in [6, 6.07) is 20.4. The van der Waals surface area contributed by atoms with Crippen LogP contribution in [0.25, 0.3) is 11.3 Å². The number of carbonyl (C=O) groups excluding carboxylic acids is 2. The molecule has 0 radical (unpaired) electrons. The van der Waals surface area contributed by atoms with Crippen molar-refractivity contribution in [2.45, 2.75) is 25.6 Å². The van der Waals surface area contributed by atoms with Gasteiger partial charge in [-0.1, -0.05) is 47.5 Å². The number of nitrogens with two attached hydrogens (primary N) is 1. The number of methoxy groups -OCH3 is 2. The lowest BCUT2D eigenvalue weighted by atomic mass is 10.1. The third kappa shape index (κ3) is 9.85. The number of ether oxygens (including phenoxy) is 2. The number of carbonyl (C=O) groups is 2. The van der Waals surface area contributed by atoms with E-state index in [9.17, 15) is 9.59 Å². The van der Waals surface area contributed by atoms with E-state index in [0.717, 1.165) is 11.3 Å². The lowest BCUT2D eigenvalue weighted by molar-refractivity contribution is 0.187. The molecule has 5 aromatic rings. The molecule has 0 aliphatic rings. The normalized spacial score (nSPS) is 11.5. The molecule has 2 aromatic heterocycles. The summed E-state index contributed by atoms with van der Waals surface area (Å²) in [5.74, 6) is 7.27. The number of nitrogens with one attached hydrogen (secondary N) is 4. The molecule has 264 valence electrons. The zero-order chi connectivity index (χ0) is 36.3. The van der Waals surface area contributed by atoms with Gasteiger partial charge in [-0.05, 0) is 59.7 Å². The van der Waals surface area contributed by atoms with Gasteiger partial charge in [0, 0.05) is 42.2 Å². The number of hydrogen-bond donors (Lipinski definition) is 5. The minimum Gasteiger partial charge on any atom is -0.497 e. The van der Waals surface area contributed by atoms with E-state index in [2.05, 4.69) is 42.6 Å². The number of nitrogens with zero attached hydrogens (tertiary/aromatic N) is 6. The van der Waals surface area contributed by atoms with Crippen molar-refractivity contribution in [3.8, 4) is 17.0 Å². The Hall–Kier alpha value is -5.90. The molecule has 17 heteroatoms. The highest BCUT2D eigenvalue weighted by Gasteiger charge is 2.23. The van der Waals surface area contributed by atoms with Crippen molar-refractivity contribution < 1.29 is 19.1 Å². The molecule has 3 amide bonds. The third-order valence-electron chi connectivity index (χ3n) is 7.53. The van der Waals surface area contributed by atoms with E-state index in [4.69, 9.17) is 43.9 Å². The summed E-state index contributed by atoms with van der Waals surface area (Å²) >= 11 is 12.9. The molecule has 0 bridgehead atoms. The predicted octanol–water partition coefficient (Wildman–Crippen LogP) is 5.92. The quantitative estimate of drug-likeness (QED) is 0.0402. The fraction of sp³-hybridized carbons (Fsp3) is 0.176. The Morgan fingerprint density at radius 2 is 1.86 bits per heavy atom. The van der Waals surface area contributed by atoms with Crippen LogP contribution in [0.4, 0.5) is 21.0 Å². The molecular weight excluding hydrogens is 697 g/mol. The number of amides is 3. The van der Waals surface area contributed by atoms with Crippen LogP contribution in [-0.2, 0) is 24.2 Å². The van der Waals surface area contributed by atoms with Gasteiger partial charge < -0.3 is 25.1 Å². The second-order valence-corrected chi connectivity index (χ2v) is 11.8. The molecular formula is C34H35Cl2N11O4. The first-order valence-electron chi connectivity index (χ1n) is 15.4. The molecule has 6 N–H and O–H groups in total. The first-order valence-corrected chi connectivity index (χ1v) is 16.1. The summed E-state index contributed by atoms with van der Waals surface area (Å²) in [6.07, 6.45) is 2.84. The minimum absolute atomic E-state index is 0.0735. The summed E-state index contributed by atoms with van der Waals surface area (Å²) in [7, 11) is 2.91. The first-order chi connectivity index (χ1) is 24.6. The lowest BCUT2D eigenvalue weighted by Gasteiger charge is -2.19. The maximum atomic E-state index is 13.4. The number of hydrogen-bond acceptors (Lipinski definition) is 9. The van der Waals surface area contributed by atoms with Crippen LogP contribution in [0.5, 0.6) is 5.75 Å². The summed E-state index contributed by atoms with van der Waals surface area (Å²) in [4.78, 5) is 32.9. The number of anilines is 2. The van der Waals surface area contributed by atoms with Crippen molar-refractivity contribution in [3.63, 3.8) is 0 Å². The van der Waals surface area contributed by atoms with Crippen molar-refractivity contribution in [2.24, 2.45) is 16.0 Å². The summed E-state index contributed by atoms with van der Waals surface area (Å²) < 4.78 is 11.7. The van der Waals surface area contributed by atoms with Gasteiger partial charge in [-0.25, -0.2) is 20.4 Å². The van der Waals surface area contributed by atoms with Crippen LogP contribution >= 0.6 is 23.2 Å². The molecule has 0 saturated heterocycles. The van der Waals surface area contributed by atoms with Crippen LogP contribution in [-0.4, -0.2) is 59.1 Å². The zero-order valence-electron chi connectivity index (χ0n) is 27.6. The number of H-pyrrole nitrogens is 1. The summed E-state index contributed by atoms with van der Waals surface area (Å²) in [5, 5.41) is 22.3. The first kappa shape index (κ1) is 36.4. The van der Waals surface area contributed by atoms with Gasteiger partial charge in [0.05, 0.1) is 38.2 Å². The van der Waals surface area contributed by atoms with Crippen molar-refractivity contribution >= 4 is 59.8 Å². The number of benzene rings is 3. The standard InChI is InChI=1S/C34H35Cl2N11O4/c1-38-40-20-47(37)29-13-8-24(35)16-23(29)18-39-33(48)42-28(17-26-14-15-46(45-26)19-21-4-11-27(50-2)12-5-21)32-43-30(31(36)44-32)22-6-9-25(10-7-22)41-34(49)51-3/h4-16,20,28H,1,17-19,37H2,2-3H3,(H,41,49)(H,43,44)(H2,39,42,48)/b40-20-/t28-/m0/s1. The number of hydrazine groups is 1. The van der Waals surface area contributed by atoms with Gasteiger partial charge in [0.2, 0.25) is 0 Å². The Morgan fingerprint density at radius 3 is 2.57 bits per heavy atom. The average Bonchev–Trinajstić information content (AvgIpc) is 3.75. The van der Waals surface area contributed by atoms with E-state index < -0.39 is 18.2 Å². The molecule has 3 aromatic carbocycles. The average molecular weight is 733 g/mol. The highest BCUT2D eigenvalue weighted by Crippen LogP contribution is 2.30. The van der Waals surface area contributed by atoms with Crippen molar-refractivity contribution in [1.82, 2.24) is 30.4 Å². The second-order valence-electron chi connectivity index (χ2n) is 11.0. The number of halogens is 2. The van der Waals surface area contributed by atoms with Crippen LogP contribution in [0.3, 0.4) is 0 Å². The lowest BCUT2D eigenvalue weighted by Crippen LogP contribution is -2.39. The number of aromatic nitrogens is 4. The number of urea groups is 1. The molecule has 0 spiro atoms. The largest absolute Gasteiger partial charge is 0.497 e. The van der Waals surface area contributed by atoms with E-state index in [1.807, 2.05) is 41.2 Å². The Labute approximate surface area is 303 Å². The third-order valence-corrected chi connectivity index (χ3v) is 8.04. The smallest absolute Gasteiger partial charge is 0.411 e. The van der Waals surface area contributed by atoms with Gasteiger partial charge >= 0.3 is 12.1 Å². The van der Waals surface area contributed by atoms with Gasteiger partial charge in [0.15, 0.2) is 0 Å². The van der Waals surface area contributed by atoms with Crippen molar-refractivity contribution in [2.75, 3.05) is 24.5 Å². The molecule has 15 nitrogen and oxygen atoms in total. The Balaban J connectivity index is 1.37.